The fraction of sp³-hybridized carbons (Fsp3) is 0.400. The second kappa shape index (κ2) is 2.70. The minimum absolute atomic E-state index is 0.193. The molecule has 0 radical (unpaired) electrons. The van der Waals surface area contributed by atoms with E-state index in [4.69, 9.17) is 0 Å². The van der Waals surface area contributed by atoms with E-state index in [9.17, 15) is 4.79 Å². The van der Waals surface area contributed by atoms with Crippen molar-refractivity contribution in [2.24, 2.45) is 0 Å². The van der Waals surface area contributed by atoms with Crippen LogP contribution in [0.3, 0.4) is 0 Å². The highest BCUT2D eigenvalue weighted by atomic mass is 16.1. The Kier molecular flexibility index (Phi) is 1.50. The number of carbonyl (C=O) groups excluding carboxylic acids is 1. The summed E-state index contributed by atoms with van der Waals surface area (Å²) in [5.41, 5.74) is 2.08. The van der Waals surface area contributed by atoms with Crippen molar-refractivity contribution in [3.63, 3.8) is 0 Å². The molecule has 72 valence electrons. The third kappa shape index (κ3) is 0.999. The molecule has 4 nitrogen and oxygen atoms in total. The first-order valence-electron chi connectivity index (χ1n) is 4.84. The number of pyridine rings is 1. The maximum absolute atomic E-state index is 10.9. The van der Waals surface area contributed by atoms with Gasteiger partial charge in [-0.15, -0.1) is 0 Å². The van der Waals surface area contributed by atoms with E-state index in [-0.39, 0.29) is 6.17 Å². The van der Waals surface area contributed by atoms with Gasteiger partial charge in [0.05, 0.1) is 17.6 Å². The monoisotopic (exact) mass is 189 g/mol. The Balaban J connectivity index is 2.03. The molecule has 1 aliphatic heterocycles. The van der Waals surface area contributed by atoms with E-state index >= 15 is 0 Å². The lowest BCUT2D eigenvalue weighted by atomic mass is 10.3. The Morgan fingerprint density at radius 1 is 1.57 bits per heavy atom. The van der Waals surface area contributed by atoms with E-state index in [0.29, 0.717) is 6.04 Å². The van der Waals surface area contributed by atoms with Crippen molar-refractivity contribution in [1.82, 2.24) is 4.98 Å². The summed E-state index contributed by atoms with van der Waals surface area (Å²) in [6.45, 7) is 0. The zero-order chi connectivity index (χ0) is 9.54. The summed E-state index contributed by atoms with van der Waals surface area (Å²) in [5, 5.41) is 3.15. The van der Waals surface area contributed by atoms with E-state index in [1.165, 1.54) is 12.8 Å². The maximum Gasteiger partial charge on any atom is 0.162 e. The highest BCUT2D eigenvalue weighted by molar-refractivity contribution is 5.84. The topological polar surface area (TPSA) is 45.2 Å². The number of carbonyl (C=O) groups is 1. The SMILES string of the molecule is O=CC1Nc2cnccc2N1C1CC1. The van der Waals surface area contributed by atoms with Gasteiger partial charge in [-0.3, -0.25) is 9.78 Å². The third-order valence-electron chi connectivity index (χ3n) is 2.75. The summed E-state index contributed by atoms with van der Waals surface area (Å²) in [5.74, 6) is 0. The van der Waals surface area contributed by atoms with Crippen molar-refractivity contribution >= 4 is 17.7 Å². The molecule has 2 heterocycles. The molecule has 3 rings (SSSR count). The second-order valence-electron chi connectivity index (χ2n) is 3.76. The number of fused-ring (bicyclic) bond motifs is 1. The Morgan fingerprint density at radius 2 is 2.43 bits per heavy atom. The predicted molar refractivity (Wildman–Crippen MR) is 53.2 cm³/mol. The molecule has 1 fully saturated rings. The molecule has 1 N–H and O–H groups in total. The van der Waals surface area contributed by atoms with Crippen LogP contribution in [0, 0.1) is 0 Å². The van der Waals surface area contributed by atoms with Gasteiger partial charge < -0.3 is 10.2 Å². The van der Waals surface area contributed by atoms with Crippen LogP contribution in [0.15, 0.2) is 18.5 Å². The molecule has 0 spiro atoms. The molecule has 2 aliphatic rings. The number of hydrogen-bond acceptors (Lipinski definition) is 4. The fourth-order valence-electron chi connectivity index (χ4n) is 1.98. The molecule has 0 saturated heterocycles. The van der Waals surface area contributed by atoms with Crippen LogP contribution >= 0.6 is 0 Å². The highest BCUT2D eigenvalue weighted by Gasteiger charge is 2.39. The van der Waals surface area contributed by atoms with Gasteiger partial charge in [0.15, 0.2) is 12.5 Å². The summed E-state index contributed by atoms with van der Waals surface area (Å²) in [4.78, 5) is 17.1. The fourth-order valence-corrected chi connectivity index (χ4v) is 1.98. The number of hydrogen-bond donors (Lipinski definition) is 1. The summed E-state index contributed by atoms with van der Waals surface area (Å²) < 4.78 is 0. The molecular formula is C10H11N3O. The smallest absolute Gasteiger partial charge is 0.162 e. The van der Waals surface area contributed by atoms with Crippen LogP contribution in [0.1, 0.15) is 12.8 Å². The van der Waals surface area contributed by atoms with Crippen LogP contribution in [-0.4, -0.2) is 23.5 Å². The van der Waals surface area contributed by atoms with Crippen LogP contribution in [-0.2, 0) is 4.79 Å². The van der Waals surface area contributed by atoms with Gasteiger partial charge in [-0.05, 0) is 18.9 Å². The van der Waals surface area contributed by atoms with E-state index in [1.54, 1.807) is 12.4 Å². The van der Waals surface area contributed by atoms with Crippen LogP contribution < -0.4 is 10.2 Å². The number of nitrogens with one attached hydrogen (secondary N) is 1. The molecule has 1 unspecified atom stereocenters. The molecule has 0 amide bonds. The maximum atomic E-state index is 10.9. The average molecular weight is 189 g/mol. The largest absolute Gasteiger partial charge is 0.356 e. The Morgan fingerprint density at radius 3 is 3.14 bits per heavy atom. The normalized spacial score (nSPS) is 24.3. The number of nitrogens with zero attached hydrogens (tertiary/aromatic N) is 2. The van der Waals surface area contributed by atoms with Gasteiger partial charge >= 0.3 is 0 Å². The zero-order valence-corrected chi connectivity index (χ0v) is 7.68. The van der Waals surface area contributed by atoms with Gasteiger partial charge in [0.25, 0.3) is 0 Å². The van der Waals surface area contributed by atoms with Crippen LogP contribution in [0.5, 0.6) is 0 Å². The molecular weight excluding hydrogens is 178 g/mol. The van der Waals surface area contributed by atoms with Crippen LogP contribution in [0.25, 0.3) is 0 Å². The molecule has 1 aromatic rings. The molecule has 1 aromatic heterocycles. The van der Waals surface area contributed by atoms with Crippen molar-refractivity contribution < 1.29 is 4.79 Å². The van der Waals surface area contributed by atoms with Crippen molar-refractivity contribution in [2.75, 3.05) is 10.2 Å². The molecule has 0 bridgehead atoms. The number of aromatic nitrogens is 1. The molecule has 1 aliphatic carbocycles. The summed E-state index contributed by atoms with van der Waals surface area (Å²) in [7, 11) is 0. The summed E-state index contributed by atoms with van der Waals surface area (Å²) >= 11 is 0. The first kappa shape index (κ1) is 7.79. The lowest BCUT2D eigenvalue weighted by Crippen LogP contribution is -2.38. The van der Waals surface area contributed by atoms with E-state index in [0.717, 1.165) is 17.7 Å². The quantitative estimate of drug-likeness (QED) is 0.705. The van der Waals surface area contributed by atoms with Crippen LogP contribution in [0.2, 0.25) is 0 Å². The lowest BCUT2D eigenvalue weighted by molar-refractivity contribution is -0.108. The van der Waals surface area contributed by atoms with Gasteiger partial charge in [-0.2, -0.15) is 0 Å². The first-order valence-corrected chi connectivity index (χ1v) is 4.84. The zero-order valence-electron chi connectivity index (χ0n) is 7.68. The number of rotatable bonds is 2. The Labute approximate surface area is 81.9 Å². The minimum Gasteiger partial charge on any atom is -0.356 e. The second-order valence-corrected chi connectivity index (χ2v) is 3.76. The van der Waals surface area contributed by atoms with E-state index < -0.39 is 0 Å². The van der Waals surface area contributed by atoms with E-state index in [2.05, 4.69) is 15.2 Å². The minimum atomic E-state index is -0.193. The van der Waals surface area contributed by atoms with Crippen molar-refractivity contribution in [2.45, 2.75) is 25.0 Å². The number of aldehydes is 1. The van der Waals surface area contributed by atoms with Crippen LogP contribution in [0.4, 0.5) is 11.4 Å². The van der Waals surface area contributed by atoms with Gasteiger partial charge in [0.1, 0.15) is 0 Å². The van der Waals surface area contributed by atoms with E-state index in [1.807, 2.05) is 6.07 Å². The third-order valence-corrected chi connectivity index (χ3v) is 2.75. The molecule has 0 aromatic carbocycles. The molecule has 4 heteroatoms. The standard InChI is InChI=1S/C10H11N3O/c14-6-10-12-8-5-11-4-3-9(8)13(10)7-1-2-7/h3-7,10,12H,1-2H2. The van der Waals surface area contributed by atoms with Crippen molar-refractivity contribution in [3.8, 4) is 0 Å². The first-order chi connectivity index (χ1) is 6.90. The van der Waals surface area contributed by atoms with Gasteiger partial charge in [0, 0.05) is 12.2 Å². The van der Waals surface area contributed by atoms with Gasteiger partial charge in [-0.25, -0.2) is 0 Å². The van der Waals surface area contributed by atoms with Gasteiger partial charge in [0.2, 0.25) is 0 Å². The molecule has 14 heavy (non-hydrogen) atoms. The van der Waals surface area contributed by atoms with Crippen molar-refractivity contribution in [1.29, 1.82) is 0 Å². The number of anilines is 2. The molecule has 1 saturated carbocycles. The van der Waals surface area contributed by atoms with Gasteiger partial charge in [-0.1, -0.05) is 0 Å². The molecule has 1 atom stereocenters. The van der Waals surface area contributed by atoms with Crippen molar-refractivity contribution in [3.05, 3.63) is 18.5 Å². The highest BCUT2D eigenvalue weighted by Crippen LogP contribution is 2.40. The Hall–Kier alpha value is -1.58. The predicted octanol–water partition coefficient (Wildman–Crippen LogP) is 1.00. The summed E-state index contributed by atoms with van der Waals surface area (Å²) in [6.07, 6.45) is 6.68. The Bertz CT molecular complexity index is 375. The lowest BCUT2D eigenvalue weighted by Gasteiger charge is -2.21. The average Bonchev–Trinajstić information content (AvgIpc) is 2.98. The summed E-state index contributed by atoms with van der Waals surface area (Å²) in [6, 6.07) is 2.51.